The molecule has 0 aliphatic rings. The Balaban J connectivity index is 1.84. The van der Waals surface area contributed by atoms with E-state index in [1.807, 2.05) is 45.9 Å². The molecule has 9 heteroatoms. The highest BCUT2D eigenvalue weighted by molar-refractivity contribution is 6.01. The summed E-state index contributed by atoms with van der Waals surface area (Å²) in [6.45, 7) is 7.80. The van der Waals surface area contributed by atoms with Crippen LogP contribution in [0.4, 0.5) is 5.69 Å². The molecule has 2 aromatic heterocycles. The van der Waals surface area contributed by atoms with Crippen molar-refractivity contribution in [3.63, 3.8) is 0 Å². The Bertz CT molecular complexity index is 1120. The van der Waals surface area contributed by atoms with E-state index in [0.717, 1.165) is 22.4 Å². The largest absolute Gasteiger partial charge is 0.439 e. The Hall–Kier alpha value is -3.49. The summed E-state index contributed by atoms with van der Waals surface area (Å²) in [4.78, 5) is 37.2. The van der Waals surface area contributed by atoms with E-state index >= 15 is 0 Å². The van der Waals surface area contributed by atoms with E-state index in [1.165, 1.54) is 0 Å². The van der Waals surface area contributed by atoms with Gasteiger partial charge in [-0.2, -0.15) is 5.10 Å². The summed E-state index contributed by atoms with van der Waals surface area (Å²) in [5.41, 5.74) is 4.85. The predicted molar refractivity (Wildman–Crippen MR) is 103 cm³/mol. The first-order valence-corrected chi connectivity index (χ1v) is 8.80. The lowest BCUT2D eigenvalue weighted by atomic mass is 9.96. The number of hydrogen-bond donors (Lipinski definition) is 3. The van der Waals surface area contributed by atoms with Gasteiger partial charge in [0.2, 0.25) is 5.82 Å². The molecule has 3 rings (SSSR count). The summed E-state index contributed by atoms with van der Waals surface area (Å²) in [5.74, 6) is -1.44. The van der Waals surface area contributed by atoms with Gasteiger partial charge in [0.05, 0.1) is 5.69 Å². The van der Waals surface area contributed by atoms with Crippen LogP contribution in [0.25, 0.3) is 0 Å². The summed E-state index contributed by atoms with van der Waals surface area (Å²) in [6.07, 6.45) is 0.555. The normalized spacial score (nSPS) is 11.0. The molecule has 146 valence electrons. The Morgan fingerprint density at radius 1 is 1.18 bits per heavy atom. The van der Waals surface area contributed by atoms with Gasteiger partial charge in [0.15, 0.2) is 0 Å². The molecule has 0 radical (unpaired) electrons. The molecule has 0 aliphatic heterocycles. The second-order valence-corrected chi connectivity index (χ2v) is 6.96. The third-order valence-corrected chi connectivity index (χ3v) is 4.47. The maximum absolute atomic E-state index is 12.1. The maximum atomic E-state index is 12.1. The number of aromatic amines is 2. The van der Waals surface area contributed by atoms with Crippen molar-refractivity contribution in [1.29, 1.82) is 0 Å². The quantitative estimate of drug-likeness (QED) is 0.617. The highest BCUT2D eigenvalue weighted by Crippen LogP contribution is 2.23. The summed E-state index contributed by atoms with van der Waals surface area (Å²) < 4.78 is 4.34. The van der Waals surface area contributed by atoms with Crippen molar-refractivity contribution in [2.24, 2.45) is 0 Å². The second kappa shape index (κ2) is 7.63. The van der Waals surface area contributed by atoms with E-state index in [2.05, 4.69) is 30.2 Å². The fourth-order valence-corrected chi connectivity index (χ4v) is 3.03. The van der Waals surface area contributed by atoms with Crippen LogP contribution in [0.1, 0.15) is 58.3 Å². The minimum absolute atomic E-state index is 0.105. The van der Waals surface area contributed by atoms with Crippen LogP contribution >= 0.6 is 0 Å². The number of anilines is 1. The molecule has 0 saturated heterocycles. The van der Waals surface area contributed by atoms with Crippen LogP contribution in [0, 0.1) is 13.8 Å². The molecule has 1 amide bonds. The Kier molecular flexibility index (Phi) is 5.25. The van der Waals surface area contributed by atoms with Gasteiger partial charge in [-0.1, -0.05) is 13.8 Å². The molecule has 0 bridgehead atoms. The minimum Gasteiger partial charge on any atom is -0.319 e. The van der Waals surface area contributed by atoms with Crippen LogP contribution in [0.3, 0.4) is 0 Å². The van der Waals surface area contributed by atoms with Crippen LogP contribution in [0.2, 0.25) is 0 Å². The van der Waals surface area contributed by atoms with Crippen LogP contribution < -0.4 is 16.6 Å². The lowest BCUT2D eigenvalue weighted by Crippen LogP contribution is -2.17. The average Bonchev–Trinajstić information content (AvgIpc) is 3.06. The number of H-pyrrole nitrogens is 2. The number of amides is 1. The zero-order valence-corrected chi connectivity index (χ0v) is 16.0. The Labute approximate surface area is 160 Å². The number of aryl methyl sites for hydroxylation is 2. The highest BCUT2D eigenvalue weighted by atomic mass is 16.5. The fourth-order valence-electron chi connectivity index (χ4n) is 3.03. The fraction of sp³-hybridized carbons (Fsp3) is 0.316. The Morgan fingerprint density at radius 3 is 2.43 bits per heavy atom. The number of aromatic nitrogens is 4. The zero-order valence-electron chi connectivity index (χ0n) is 16.0. The lowest BCUT2D eigenvalue weighted by Gasteiger charge is -2.13. The van der Waals surface area contributed by atoms with Crippen molar-refractivity contribution >= 4 is 11.6 Å². The molecular formula is C19H21N5O4. The van der Waals surface area contributed by atoms with Gasteiger partial charge in [-0.15, -0.1) is 0 Å². The summed E-state index contributed by atoms with van der Waals surface area (Å²) >= 11 is 0. The first-order valence-electron chi connectivity index (χ1n) is 8.80. The SMILES string of the molecule is Cc1cc(NC(=O)c2noc(=O)[nH]2)cc(C)c1Cc1cc(C(C)C)c(=O)[nH]n1. The van der Waals surface area contributed by atoms with Gasteiger partial charge in [-0.25, -0.2) is 9.89 Å². The number of benzene rings is 1. The van der Waals surface area contributed by atoms with Crippen molar-refractivity contribution in [1.82, 2.24) is 20.3 Å². The van der Waals surface area contributed by atoms with Gasteiger partial charge in [0, 0.05) is 17.7 Å². The van der Waals surface area contributed by atoms with Gasteiger partial charge in [0.1, 0.15) is 0 Å². The minimum atomic E-state index is -0.790. The third-order valence-electron chi connectivity index (χ3n) is 4.47. The molecule has 0 atom stereocenters. The Morgan fingerprint density at radius 2 is 1.86 bits per heavy atom. The van der Waals surface area contributed by atoms with E-state index in [4.69, 9.17) is 0 Å². The lowest BCUT2D eigenvalue weighted by molar-refractivity contribution is 0.101. The number of carbonyl (C=O) groups excluding carboxylic acids is 1. The molecule has 3 N–H and O–H groups in total. The van der Waals surface area contributed by atoms with Crippen molar-refractivity contribution in [2.45, 2.75) is 40.0 Å². The molecule has 0 fully saturated rings. The van der Waals surface area contributed by atoms with E-state index in [1.54, 1.807) is 0 Å². The number of nitrogens with one attached hydrogen (secondary N) is 3. The molecule has 2 heterocycles. The van der Waals surface area contributed by atoms with Crippen LogP contribution in [-0.2, 0) is 6.42 Å². The van der Waals surface area contributed by atoms with Crippen LogP contribution in [0.5, 0.6) is 0 Å². The van der Waals surface area contributed by atoms with Crippen molar-refractivity contribution < 1.29 is 9.32 Å². The molecule has 0 spiro atoms. The number of rotatable bonds is 5. The van der Waals surface area contributed by atoms with E-state index in [0.29, 0.717) is 17.7 Å². The molecule has 9 nitrogen and oxygen atoms in total. The molecule has 3 aromatic rings. The summed E-state index contributed by atoms with van der Waals surface area (Å²) in [6, 6.07) is 5.49. The summed E-state index contributed by atoms with van der Waals surface area (Å²) in [5, 5.41) is 12.8. The molecule has 0 saturated carbocycles. The van der Waals surface area contributed by atoms with Gasteiger partial charge >= 0.3 is 5.76 Å². The molecule has 1 aromatic carbocycles. The van der Waals surface area contributed by atoms with E-state index in [9.17, 15) is 14.4 Å². The van der Waals surface area contributed by atoms with Crippen LogP contribution in [-0.4, -0.2) is 26.2 Å². The standard InChI is InChI=1S/C19H21N5O4/c1-9(2)14-7-13(22-23-17(14)25)8-15-10(3)5-12(6-11(15)4)20-18(26)16-21-19(27)28-24-16/h5-7,9H,8H2,1-4H3,(H,20,26)(H,23,25)(H,21,24,27). The van der Waals surface area contributed by atoms with Gasteiger partial charge in [-0.3, -0.25) is 19.1 Å². The van der Waals surface area contributed by atoms with Crippen molar-refractivity contribution in [3.05, 3.63) is 72.9 Å². The van der Waals surface area contributed by atoms with Crippen LogP contribution in [0.15, 0.2) is 32.3 Å². The molecule has 0 aliphatic carbocycles. The predicted octanol–water partition coefficient (Wildman–Crippen LogP) is 2.03. The summed E-state index contributed by atoms with van der Waals surface area (Å²) in [7, 11) is 0. The smallest absolute Gasteiger partial charge is 0.319 e. The monoisotopic (exact) mass is 383 g/mol. The van der Waals surface area contributed by atoms with Gasteiger partial charge < -0.3 is 5.32 Å². The maximum Gasteiger partial charge on any atom is 0.439 e. The zero-order chi connectivity index (χ0) is 20.4. The first kappa shape index (κ1) is 19.3. The number of carbonyl (C=O) groups is 1. The van der Waals surface area contributed by atoms with E-state index < -0.39 is 11.7 Å². The van der Waals surface area contributed by atoms with E-state index in [-0.39, 0.29) is 17.3 Å². The number of hydrogen-bond acceptors (Lipinski definition) is 6. The molecular weight excluding hydrogens is 362 g/mol. The molecule has 28 heavy (non-hydrogen) atoms. The number of nitrogens with zero attached hydrogens (tertiary/aromatic N) is 2. The topological polar surface area (TPSA) is 134 Å². The highest BCUT2D eigenvalue weighted by Gasteiger charge is 2.15. The molecule has 0 unspecified atom stereocenters. The van der Waals surface area contributed by atoms with Crippen molar-refractivity contribution in [3.8, 4) is 0 Å². The van der Waals surface area contributed by atoms with Gasteiger partial charge in [-0.05, 0) is 59.8 Å². The van der Waals surface area contributed by atoms with Crippen molar-refractivity contribution in [2.75, 3.05) is 5.32 Å². The first-order chi connectivity index (χ1) is 13.2. The average molecular weight is 383 g/mol. The third kappa shape index (κ3) is 4.08. The second-order valence-electron chi connectivity index (χ2n) is 6.96. The van der Waals surface area contributed by atoms with Gasteiger partial charge in [0.25, 0.3) is 11.5 Å².